The van der Waals surface area contributed by atoms with Gasteiger partial charge in [-0.25, -0.2) is 0 Å². The zero-order valence-corrected chi connectivity index (χ0v) is 17.6. The molecular weight excluding hydrogens is 417 g/mol. The molecule has 0 spiro atoms. The van der Waals surface area contributed by atoms with Gasteiger partial charge in [0.05, 0.1) is 11.5 Å². The lowest BCUT2D eigenvalue weighted by atomic mass is 9.86. The summed E-state index contributed by atoms with van der Waals surface area (Å²) in [5.41, 5.74) is 2.08. The largest absolute Gasteiger partial charge is 0.416 e. The Balaban J connectivity index is 1.43. The van der Waals surface area contributed by atoms with Gasteiger partial charge in [0.15, 0.2) is 0 Å². The fraction of sp³-hybridized carbons (Fsp3) is 0.440. The molecule has 2 aliphatic heterocycles. The molecule has 0 bridgehead atoms. The van der Waals surface area contributed by atoms with Crippen molar-refractivity contribution < 1.29 is 22.8 Å². The fourth-order valence-electron chi connectivity index (χ4n) is 5.02. The Labute approximate surface area is 185 Å². The second-order valence-corrected chi connectivity index (χ2v) is 9.13. The zero-order valence-electron chi connectivity index (χ0n) is 17.6. The van der Waals surface area contributed by atoms with Gasteiger partial charge >= 0.3 is 6.18 Å². The number of likely N-dealkylation sites (tertiary alicyclic amines) is 1. The van der Waals surface area contributed by atoms with E-state index in [1.165, 1.54) is 11.6 Å². The molecule has 5 rings (SSSR count). The highest BCUT2D eigenvalue weighted by atomic mass is 19.4. The van der Waals surface area contributed by atoms with Crippen LogP contribution >= 0.6 is 0 Å². The highest BCUT2D eigenvalue weighted by molar-refractivity contribution is 5.85. The normalized spacial score (nSPS) is 23.2. The first kappa shape index (κ1) is 21.0. The zero-order chi connectivity index (χ0) is 22.5. The third-order valence-corrected chi connectivity index (χ3v) is 6.96. The quantitative estimate of drug-likeness (QED) is 0.714. The molecule has 7 heteroatoms. The number of benzene rings is 2. The Morgan fingerprint density at radius 3 is 2.34 bits per heavy atom. The summed E-state index contributed by atoms with van der Waals surface area (Å²) in [6, 6.07) is 13.2. The standard InChI is InChI=1S/C25H25F3N2O2/c26-25(27,28)20-7-3-6-18(12-20)21-14-30(23(31)17-8-9-17)15-22(21)24(32)29-11-10-16-4-1-2-5-19(16)13-29/h1-7,12,17,21-22H,8-11,13-15H2. The summed E-state index contributed by atoms with van der Waals surface area (Å²) >= 11 is 0. The third kappa shape index (κ3) is 4.00. The first-order valence-electron chi connectivity index (χ1n) is 11.1. The Hall–Kier alpha value is -2.83. The molecule has 32 heavy (non-hydrogen) atoms. The second-order valence-electron chi connectivity index (χ2n) is 9.13. The molecule has 2 aromatic carbocycles. The van der Waals surface area contributed by atoms with Crippen molar-refractivity contribution in [2.45, 2.75) is 37.9 Å². The van der Waals surface area contributed by atoms with Gasteiger partial charge in [-0.05, 0) is 42.0 Å². The number of rotatable bonds is 3. The number of amides is 2. The average molecular weight is 442 g/mol. The molecule has 1 saturated carbocycles. The Morgan fingerprint density at radius 1 is 0.875 bits per heavy atom. The van der Waals surface area contributed by atoms with Crippen molar-refractivity contribution in [3.8, 4) is 0 Å². The number of hydrogen-bond acceptors (Lipinski definition) is 2. The molecule has 2 heterocycles. The van der Waals surface area contributed by atoms with E-state index in [9.17, 15) is 22.8 Å². The maximum Gasteiger partial charge on any atom is 0.416 e. The van der Waals surface area contributed by atoms with Crippen LogP contribution in [0.1, 0.15) is 41.0 Å². The molecule has 2 fully saturated rings. The minimum Gasteiger partial charge on any atom is -0.341 e. The number of nitrogens with zero attached hydrogens (tertiary/aromatic N) is 2. The first-order chi connectivity index (χ1) is 15.3. The fourth-order valence-corrected chi connectivity index (χ4v) is 5.02. The van der Waals surface area contributed by atoms with Gasteiger partial charge < -0.3 is 9.80 Å². The molecule has 168 valence electrons. The maximum atomic E-state index is 13.6. The van der Waals surface area contributed by atoms with Gasteiger partial charge in [0, 0.05) is 38.0 Å². The molecule has 1 aliphatic carbocycles. The molecule has 0 radical (unpaired) electrons. The lowest BCUT2D eigenvalue weighted by Crippen LogP contribution is -2.42. The van der Waals surface area contributed by atoms with Gasteiger partial charge in [0.2, 0.25) is 11.8 Å². The van der Waals surface area contributed by atoms with Crippen molar-refractivity contribution in [1.82, 2.24) is 9.80 Å². The van der Waals surface area contributed by atoms with E-state index in [4.69, 9.17) is 0 Å². The van der Waals surface area contributed by atoms with E-state index < -0.39 is 23.6 Å². The Bertz CT molecular complexity index is 1050. The van der Waals surface area contributed by atoms with Crippen LogP contribution < -0.4 is 0 Å². The predicted molar refractivity (Wildman–Crippen MR) is 113 cm³/mol. The highest BCUT2D eigenvalue weighted by Gasteiger charge is 2.45. The number of carbonyl (C=O) groups excluding carboxylic acids is 2. The molecule has 1 saturated heterocycles. The van der Waals surface area contributed by atoms with Crippen LogP contribution in [0.15, 0.2) is 48.5 Å². The third-order valence-electron chi connectivity index (χ3n) is 6.96. The lowest BCUT2D eigenvalue weighted by Gasteiger charge is -2.32. The van der Waals surface area contributed by atoms with Crippen molar-refractivity contribution in [2.75, 3.05) is 19.6 Å². The van der Waals surface area contributed by atoms with Gasteiger partial charge in [0.1, 0.15) is 0 Å². The molecule has 2 amide bonds. The van der Waals surface area contributed by atoms with Crippen molar-refractivity contribution in [3.05, 3.63) is 70.8 Å². The highest BCUT2D eigenvalue weighted by Crippen LogP contribution is 2.40. The van der Waals surface area contributed by atoms with Crippen molar-refractivity contribution in [3.63, 3.8) is 0 Å². The molecule has 3 aliphatic rings. The molecule has 2 aromatic rings. The molecule has 0 aromatic heterocycles. The van der Waals surface area contributed by atoms with Crippen LogP contribution in [0.2, 0.25) is 0 Å². The SMILES string of the molecule is O=C(C1CC1)N1CC(C(=O)N2CCc3ccccc3C2)C(c2cccc(C(F)(F)F)c2)C1. The van der Waals surface area contributed by atoms with Crippen LogP contribution in [0.4, 0.5) is 13.2 Å². The summed E-state index contributed by atoms with van der Waals surface area (Å²) in [5, 5.41) is 0. The van der Waals surface area contributed by atoms with Crippen LogP contribution in [0, 0.1) is 11.8 Å². The smallest absolute Gasteiger partial charge is 0.341 e. The van der Waals surface area contributed by atoms with Crippen LogP contribution in [-0.2, 0) is 28.7 Å². The Morgan fingerprint density at radius 2 is 1.62 bits per heavy atom. The average Bonchev–Trinajstić information content (AvgIpc) is 3.55. The minimum atomic E-state index is -4.45. The lowest BCUT2D eigenvalue weighted by molar-refractivity contribution is -0.138. The van der Waals surface area contributed by atoms with Gasteiger partial charge in [0.25, 0.3) is 0 Å². The van der Waals surface area contributed by atoms with Gasteiger partial charge in [-0.15, -0.1) is 0 Å². The van der Waals surface area contributed by atoms with Crippen molar-refractivity contribution in [2.24, 2.45) is 11.8 Å². The van der Waals surface area contributed by atoms with Gasteiger partial charge in [-0.3, -0.25) is 9.59 Å². The summed E-state index contributed by atoms with van der Waals surface area (Å²) in [6.07, 6.45) is -1.99. The van der Waals surface area contributed by atoms with Crippen LogP contribution in [0.5, 0.6) is 0 Å². The van der Waals surface area contributed by atoms with E-state index in [1.54, 1.807) is 15.9 Å². The maximum absolute atomic E-state index is 13.6. The summed E-state index contributed by atoms with van der Waals surface area (Å²) in [4.78, 5) is 29.8. The van der Waals surface area contributed by atoms with E-state index in [2.05, 4.69) is 6.07 Å². The van der Waals surface area contributed by atoms with E-state index in [-0.39, 0.29) is 30.8 Å². The summed E-state index contributed by atoms with van der Waals surface area (Å²) in [5.74, 6) is -1.02. The van der Waals surface area contributed by atoms with Gasteiger partial charge in [-0.1, -0.05) is 42.5 Å². The molecule has 2 unspecified atom stereocenters. The van der Waals surface area contributed by atoms with Crippen molar-refractivity contribution in [1.29, 1.82) is 0 Å². The molecular formula is C25H25F3N2O2. The first-order valence-corrected chi connectivity index (χ1v) is 11.1. The monoisotopic (exact) mass is 442 g/mol. The molecule has 2 atom stereocenters. The minimum absolute atomic E-state index is 0.00729. The number of alkyl halides is 3. The number of hydrogen-bond donors (Lipinski definition) is 0. The molecule has 4 nitrogen and oxygen atoms in total. The summed E-state index contributed by atoms with van der Waals surface area (Å²) in [6.45, 7) is 1.64. The van der Waals surface area contributed by atoms with Crippen LogP contribution in [0.3, 0.4) is 0 Å². The predicted octanol–water partition coefficient (Wildman–Crippen LogP) is 4.24. The van der Waals surface area contributed by atoms with Crippen molar-refractivity contribution >= 4 is 11.8 Å². The summed E-state index contributed by atoms with van der Waals surface area (Å²) in [7, 11) is 0. The topological polar surface area (TPSA) is 40.6 Å². The van der Waals surface area contributed by atoms with Crippen LogP contribution in [-0.4, -0.2) is 41.2 Å². The summed E-state index contributed by atoms with van der Waals surface area (Å²) < 4.78 is 40.0. The number of halogens is 3. The van der Waals surface area contributed by atoms with E-state index in [1.807, 2.05) is 18.2 Å². The van der Waals surface area contributed by atoms with Crippen LogP contribution in [0.25, 0.3) is 0 Å². The number of fused-ring (bicyclic) bond motifs is 1. The van der Waals surface area contributed by atoms with Gasteiger partial charge in [-0.2, -0.15) is 13.2 Å². The molecule has 0 N–H and O–H groups in total. The van der Waals surface area contributed by atoms with E-state index in [0.717, 1.165) is 37.0 Å². The second kappa shape index (κ2) is 7.94. The number of carbonyl (C=O) groups is 2. The Kier molecular flexibility index (Phi) is 5.22. The van der Waals surface area contributed by atoms with E-state index in [0.29, 0.717) is 18.7 Å². The van der Waals surface area contributed by atoms with E-state index >= 15 is 0 Å².